The second kappa shape index (κ2) is 7.30. The molecule has 2 aromatic heterocycles. The summed E-state index contributed by atoms with van der Waals surface area (Å²) in [4.78, 5) is 44.3. The number of benzene rings is 2. The Labute approximate surface area is 179 Å². The number of nitro groups is 2. The van der Waals surface area contributed by atoms with Crippen molar-refractivity contribution in [2.24, 2.45) is 0 Å². The molecule has 13 heteroatoms. The van der Waals surface area contributed by atoms with Crippen molar-refractivity contribution in [2.75, 3.05) is 0 Å². The molecule has 0 fully saturated rings. The van der Waals surface area contributed by atoms with Gasteiger partial charge in [-0.2, -0.15) is 0 Å². The lowest BCUT2D eigenvalue weighted by atomic mass is 10.2. The number of non-ortho nitro benzene ring substituents is 2. The van der Waals surface area contributed by atoms with Crippen LogP contribution in [0.1, 0.15) is 0 Å². The van der Waals surface area contributed by atoms with E-state index in [9.17, 15) is 38.2 Å². The zero-order valence-electron chi connectivity index (χ0n) is 15.0. The van der Waals surface area contributed by atoms with Gasteiger partial charge in [-0.15, -0.1) is 0 Å². The molecule has 0 bridgehead atoms. The van der Waals surface area contributed by atoms with E-state index in [4.69, 9.17) is 0 Å². The van der Waals surface area contributed by atoms with Crippen molar-refractivity contribution in [1.82, 2.24) is 0 Å². The second-order valence-electron chi connectivity index (χ2n) is 6.26. The molecular weight excluding hydrogens is 468 g/mol. The van der Waals surface area contributed by atoms with E-state index in [1.807, 2.05) is 0 Å². The van der Waals surface area contributed by atoms with E-state index >= 15 is 0 Å². The fourth-order valence-electron chi connectivity index (χ4n) is 2.90. The molecule has 0 unspecified atom stereocenters. The summed E-state index contributed by atoms with van der Waals surface area (Å²) in [5, 5.41) is 22.3. The average molecular weight is 476 g/mol. The highest BCUT2D eigenvalue weighted by Gasteiger charge is 2.26. The molecule has 10 nitrogen and oxygen atoms in total. The van der Waals surface area contributed by atoms with Crippen LogP contribution in [-0.4, -0.2) is 18.3 Å². The van der Waals surface area contributed by atoms with Gasteiger partial charge in [-0.25, -0.2) is 8.42 Å². The van der Waals surface area contributed by atoms with Crippen molar-refractivity contribution in [1.29, 1.82) is 0 Å². The SMILES string of the molecule is O=c1sc2ccc([N+](=O)[O-])cc2cc1S(=O)(=O)c1cc2cc([N+](=O)[O-])ccc2sc1=O. The van der Waals surface area contributed by atoms with Gasteiger partial charge in [-0.3, -0.25) is 29.8 Å². The molecule has 0 saturated heterocycles. The Morgan fingerprint density at radius 1 is 0.677 bits per heavy atom. The van der Waals surface area contributed by atoms with Crippen molar-refractivity contribution in [3.05, 3.63) is 87.8 Å². The summed E-state index contributed by atoms with van der Waals surface area (Å²) in [6, 6.07) is 9.33. The second-order valence-corrected chi connectivity index (χ2v) is 10.2. The Balaban J connectivity index is 1.97. The van der Waals surface area contributed by atoms with Gasteiger partial charge in [0.25, 0.3) is 20.9 Å². The van der Waals surface area contributed by atoms with Crippen LogP contribution in [0.2, 0.25) is 0 Å². The molecule has 156 valence electrons. The number of nitro benzene ring substituents is 2. The Morgan fingerprint density at radius 3 is 1.42 bits per heavy atom. The van der Waals surface area contributed by atoms with Crippen LogP contribution in [0.3, 0.4) is 0 Å². The molecule has 0 aliphatic rings. The van der Waals surface area contributed by atoms with Gasteiger partial charge in [-0.05, 0) is 24.3 Å². The van der Waals surface area contributed by atoms with Gasteiger partial charge in [-0.1, -0.05) is 22.7 Å². The van der Waals surface area contributed by atoms with Gasteiger partial charge in [0.1, 0.15) is 9.79 Å². The molecule has 31 heavy (non-hydrogen) atoms. The number of hydrogen-bond donors (Lipinski definition) is 0. The summed E-state index contributed by atoms with van der Waals surface area (Å²) in [5.74, 6) is 0. The minimum absolute atomic E-state index is 0.157. The average Bonchev–Trinajstić information content (AvgIpc) is 2.71. The fourth-order valence-corrected chi connectivity index (χ4v) is 6.51. The van der Waals surface area contributed by atoms with Crippen LogP contribution in [-0.2, 0) is 9.84 Å². The van der Waals surface area contributed by atoms with E-state index in [-0.39, 0.29) is 22.1 Å². The fraction of sp³-hybridized carbons (Fsp3) is 0. The van der Waals surface area contributed by atoms with E-state index in [0.717, 1.165) is 24.3 Å². The Morgan fingerprint density at radius 2 is 1.06 bits per heavy atom. The lowest BCUT2D eigenvalue weighted by molar-refractivity contribution is -0.384. The Bertz CT molecular complexity index is 1540. The van der Waals surface area contributed by atoms with Gasteiger partial charge in [0.2, 0.25) is 9.84 Å². The molecule has 0 saturated carbocycles. The molecule has 0 aliphatic carbocycles. The number of rotatable bonds is 4. The monoisotopic (exact) mass is 476 g/mol. The molecule has 0 N–H and O–H groups in total. The van der Waals surface area contributed by atoms with Gasteiger partial charge in [0.05, 0.1) is 9.85 Å². The van der Waals surface area contributed by atoms with Gasteiger partial charge in [0, 0.05) is 44.4 Å². The van der Waals surface area contributed by atoms with Crippen molar-refractivity contribution in [2.45, 2.75) is 9.79 Å². The number of nitrogens with zero attached hydrogens (tertiary/aromatic N) is 2. The quantitative estimate of drug-likeness (QED) is 0.320. The van der Waals surface area contributed by atoms with Crippen LogP contribution >= 0.6 is 22.7 Å². The molecule has 0 atom stereocenters. The van der Waals surface area contributed by atoms with Gasteiger partial charge in [0.15, 0.2) is 0 Å². The zero-order chi connectivity index (χ0) is 22.5. The van der Waals surface area contributed by atoms with Gasteiger partial charge >= 0.3 is 0 Å². The predicted octanol–water partition coefficient (Wildman–Crippen LogP) is 3.49. The van der Waals surface area contributed by atoms with Crippen LogP contribution < -0.4 is 9.48 Å². The lowest BCUT2D eigenvalue weighted by Gasteiger charge is -2.06. The first-order valence-corrected chi connectivity index (χ1v) is 11.4. The molecule has 4 aromatic rings. The standard InChI is InChI=1S/C18H8N2O8S3/c21-17-15(7-9-5-11(19(23)24)1-3-13(9)29-17)31(27,28)16-8-10-6-12(20(25)26)2-4-14(10)30-18(16)22/h1-8H. The molecule has 2 aromatic carbocycles. The topological polar surface area (TPSA) is 155 Å². The van der Waals surface area contributed by atoms with Crippen LogP contribution in [0.5, 0.6) is 0 Å². The Kier molecular flexibility index (Phi) is 4.88. The maximum absolute atomic E-state index is 13.1. The van der Waals surface area contributed by atoms with Crippen LogP contribution in [0, 0.1) is 20.2 Å². The summed E-state index contributed by atoms with van der Waals surface area (Å²) < 4.78 is 25.3. The Hall–Kier alpha value is -3.55. The van der Waals surface area contributed by atoms with E-state index in [1.54, 1.807) is 0 Å². The number of fused-ring (bicyclic) bond motifs is 2. The first-order valence-electron chi connectivity index (χ1n) is 8.27. The summed E-state index contributed by atoms with van der Waals surface area (Å²) in [5.41, 5.74) is -0.571. The maximum Gasteiger partial charge on any atom is 0.270 e. The molecule has 4 rings (SSSR count). The summed E-state index contributed by atoms with van der Waals surface area (Å²) >= 11 is 1.16. The highest BCUT2D eigenvalue weighted by Crippen LogP contribution is 2.29. The van der Waals surface area contributed by atoms with E-state index in [2.05, 4.69) is 0 Å². The molecule has 0 amide bonds. The van der Waals surface area contributed by atoms with Crippen molar-refractivity contribution < 1.29 is 18.3 Å². The number of sulfone groups is 1. The molecule has 0 aliphatic heterocycles. The molecule has 2 heterocycles. The first-order chi connectivity index (χ1) is 14.6. The molecule has 0 spiro atoms. The summed E-state index contributed by atoms with van der Waals surface area (Å²) in [6.45, 7) is 0. The van der Waals surface area contributed by atoms with Crippen LogP contribution in [0.25, 0.3) is 20.2 Å². The third kappa shape index (κ3) is 3.58. The van der Waals surface area contributed by atoms with Crippen LogP contribution in [0.4, 0.5) is 11.4 Å². The third-order valence-corrected chi connectivity index (χ3v) is 8.39. The van der Waals surface area contributed by atoms with E-state index in [0.29, 0.717) is 32.1 Å². The van der Waals surface area contributed by atoms with Crippen LogP contribution in [0.15, 0.2) is 67.9 Å². The highest BCUT2D eigenvalue weighted by molar-refractivity contribution is 7.91. The number of hydrogen-bond acceptors (Lipinski definition) is 10. The first kappa shape index (κ1) is 20.7. The van der Waals surface area contributed by atoms with Crippen molar-refractivity contribution in [3.8, 4) is 0 Å². The molecular formula is C18H8N2O8S3. The highest BCUT2D eigenvalue weighted by atomic mass is 32.2. The third-order valence-electron chi connectivity index (χ3n) is 4.37. The minimum atomic E-state index is -4.59. The predicted molar refractivity (Wildman–Crippen MR) is 115 cm³/mol. The summed E-state index contributed by atoms with van der Waals surface area (Å²) in [7, 11) is -4.59. The largest absolute Gasteiger partial charge is 0.276 e. The van der Waals surface area contributed by atoms with Gasteiger partial charge < -0.3 is 0 Å². The van der Waals surface area contributed by atoms with Crippen molar-refractivity contribution in [3.63, 3.8) is 0 Å². The summed E-state index contributed by atoms with van der Waals surface area (Å²) in [6.07, 6.45) is 0. The molecule has 0 radical (unpaired) electrons. The zero-order valence-corrected chi connectivity index (χ0v) is 17.5. The van der Waals surface area contributed by atoms with E-state index < -0.39 is 39.0 Å². The normalized spacial score (nSPS) is 11.6. The lowest BCUT2D eigenvalue weighted by Crippen LogP contribution is -2.18. The van der Waals surface area contributed by atoms with Crippen molar-refractivity contribution >= 4 is 64.1 Å². The van der Waals surface area contributed by atoms with E-state index in [1.165, 1.54) is 24.3 Å². The maximum atomic E-state index is 13.1. The smallest absolute Gasteiger partial charge is 0.270 e. The minimum Gasteiger partial charge on any atom is -0.276 e.